The predicted molar refractivity (Wildman–Crippen MR) is 80.4 cm³/mol. The predicted octanol–water partition coefficient (Wildman–Crippen LogP) is 3.14. The molecule has 2 rings (SSSR count). The molecule has 0 radical (unpaired) electrons. The quantitative estimate of drug-likeness (QED) is 0.881. The van der Waals surface area contributed by atoms with Gasteiger partial charge in [0.1, 0.15) is 0 Å². The Kier molecular flexibility index (Phi) is 5.22. The summed E-state index contributed by atoms with van der Waals surface area (Å²) in [5, 5.41) is 8.14. The molecule has 1 N–H and O–H groups in total. The van der Waals surface area contributed by atoms with E-state index >= 15 is 0 Å². The Morgan fingerprint density at radius 1 is 1.56 bits per heavy atom. The highest BCUT2D eigenvalue weighted by Gasteiger charge is 2.27. The van der Waals surface area contributed by atoms with Crippen molar-refractivity contribution in [3.05, 3.63) is 22.4 Å². The molecule has 102 valence electrons. The van der Waals surface area contributed by atoms with Crippen molar-refractivity contribution in [1.29, 1.82) is 0 Å². The van der Waals surface area contributed by atoms with Crippen molar-refractivity contribution in [2.24, 2.45) is 0 Å². The van der Waals surface area contributed by atoms with Gasteiger partial charge in [0.05, 0.1) is 0 Å². The molecule has 1 aromatic heterocycles. The Hall–Kier alpha value is -0.380. The smallest absolute Gasteiger partial charge is 0.0196 e. The van der Waals surface area contributed by atoms with Gasteiger partial charge in [-0.2, -0.15) is 11.3 Å². The van der Waals surface area contributed by atoms with Gasteiger partial charge in [0.2, 0.25) is 0 Å². The van der Waals surface area contributed by atoms with Crippen LogP contribution in [0.5, 0.6) is 0 Å². The molecule has 2 heterocycles. The van der Waals surface area contributed by atoms with Crippen LogP contribution in [0.25, 0.3) is 0 Å². The fourth-order valence-electron chi connectivity index (χ4n) is 2.98. The van der Waals surface area contributed by atoms with E-state index in [4.69, 9.17) is 0 Å². The fourth-order valence-corrected chi connectivity index (χ4v) is 3.66. The minimum absolute atomic E-state index is 0.649. The Balaban J connectivity index is 1.92. The van der Waals surface area contributed by atoms with Crippen molar-refractivity contribution in [3.8, 4) is 0 Å². The van der Waals surface area contributed by atoms with Gasteiger partial charge < -0.3 is 5.32 Å². The van der Waals surface area contributed by atoms with E-state index in [2.05, 4.69) is 47.8 Å². The van der Waals surface area contributed by atoms with Crippen LogP contribution in [0.3, 0.4) is 0 Å². The molecule has 0 aliphatic carbocycles. The lowest BCUT2D eigenvalue weighted by Gasteiger charge is -2.42. The summed E-state index contributed by atoms with van der Waals surface area (Å²) in [5.41, 5.74) is 1.49. The summed E-state index contributed by atoms with van der Waals surface area (Å²) in [6.07, 6.45) is 3.76. The van der Waals surface area contributed by atoms with Gasteiger partial charge in [-0.3, -0.25) is 4.90 Å². The van der Waals surface area contributed by atoms with E-state index < -0.39 is 0 Å². The third kappa shape index (κ3) is 3.56. The summed E-state index contributed by atoms with van der Waals surface area (Å²) in [6, 6.07) is 4.26. The first-order valence-corrected chi connectivity index (χ1v) is 8.15. The second-order valence-corrected chi connectivity index (χ2v) is 6.40. The molecule has 0 spiro atoms. The minimum atomic E-state index is 0.649. The molecule has 3 atom stereocenters. The summed E-state index contributed by atoms with van der Waals surface area (Å²) in [6.45, 7) is 9.35. The zero-order chi connectivity index (χ0) is 13.0. The number of hydrogen-bond donors (Lipinski definition) is 1. The SMILES string of the molecule is CCCC1CN(C(C)Cc2ccsc2)C(C)CN1. The van der Waals surface area contributed by atoms with Crippen LogP contribution in [0.1, 0.15) is 39.2 Å². The van der Waals surface area contributed by atoms with Crippen LogP contribution in [0.2, 0.25) is 0 Å². The van der Waals surface area contributed by atoms with Crippen molar-refractivity contribution >= 4 is 11.3 Å². The molecule has 18 heavy (non-hydrogen) atoms. The number of rotatable bonds is 5. The Morgan fingerprint density at radius 2 is 2.39 bits per heavy atom. The number of piperazine rings is 1. The number of thiophene rings is 1. The lowest BCUT2D eigenvalue weighted by atomic mass is 10.0. The molecule has 0 amide bonds. The van der Waals surface area contributed by atoms with Crippen LogP contribution in [-0.4, -0.2) is 36.1 Å². The van der Waals surface area contributed by atoms with E-state index in [0.717, 1.165) is 6.54 Å². The Labute approximate surface area is 115 Å². The third-order valence-corrected chi connectivity index (χ3v) is 4.75. The maximum absolute atomic E-state index is 3.67. The van der Waals surface area contributed by atoms with Gasteiger partial charge >= 0.3 is 0 Å². The van der Waals surface area contributed by atoms with Crippen molar-refractivity contribution in [3.63, 3.8) is 0 Å². The fraction of sp³-hybridized carbons (Fsp3) is 0.733. The van der Waals surface area contributed by atoms with Gasteiger partial charge in [0.15, 0.2) is 0 Å². The molecule has 0 aromatic carbocycles. The van der Waals surface area contributed by atoms with Gasteiger partial charge in [-0.1, -0.05) is 13.3 Å². The number of hydrogen-bond acceptors (Lipinski definition) is 3. The Morgan fingerprint density at radius 3 is 3.06 bits per heavy atom. The summed E-state index contributed by atoms with van der Waals surface area (Å²) in [5.74, 6) is 0. The van der Waals surface area contributed by atoms with E-state index in [1.165, 1.54) is 31.4 Å². The average molecular weight is 266 g/mol. The first kappa shape index (κ1) is 14.0. The average Bonchev–Trinajstić information content (AvgIpc) is 2.84. The molecule has 3 heteroatoms. The maximum Gasteiger partial charge on any atom is 0.0196 e. The largest absolute Gasteiger partial charge is 0.311 e. The summed E-state index contributed by atoms with van der Waals surface area (Å²) in [4.78, 5) is 2.69. The molecule has 2 nitrogen and oxygen atoms in total. The highest BCUT2D eigenvalue weighted by atomic mass is 32.1. The zero-order valence-electron chi connectivity index (χ0n) is 11.9. The standard InChI is InChI=1S/C15H26N2S/c1-4-5-15-10-17(13(3)9-16-15)12(2)8-14-6-7-18-11-14/h6-7,11-13,15-16H,4-5,8-10H2,1-3H3. The van der Waals surface area contributed by atoms with Gasteiger partial charge in [0, 0.05) is 31.2 Å². The van der Waals surface area contributed by atoms with Crippen molar-refractivity contribution < 1.29 is 0 Å². The lowest BCUT2D eigenvalue weighted by Crippen LogP contribution is -2.58. The van der Waals surface area contributed by atoms with E-state index in [-0.39, 0.29) is 0 Å². The molecule has 1 saturated heterocycles. The van der Waals surface area contributed by atoms with E-state index in [1.54, 1.807) is 11.3 Å². The van der Waals surface area contributed by atoms with Gasteiger partial charge in [-0.25, -0.2) is 0 Å². The molecule has 1 aliphatic heterocycles. The van der Waals surface area contributed by atoms with Crippen molar-refractivity contribution in [2.45, 2.75) is 58.2 Å². The van der Waals surface area contributed by atoms with Gasteiger partial charge in [0.25, 0.3) is 0 Å². The van der Waals surface area contributed by atoms with Crippen molar-refractivity contribution in [2.75, 3.05) is 13.1 Å². The number of nitrogens with one attached hydrogen (secondary N) is 1. The van der Waals surface area contributed by atoms with E-state index in [0.29, 0.717) is 18.1 Å². The van der Waals surface area contributed by atoms with E-state index in [9.17, 15) is 0 Å². The first-order valence-electron chi connectivity index (χ1n) is 7.21. The molecule has 1 fully saturated rings. The molecule has 3 unspecified atom stereocenters. The molecule has 1 aromatic rings. The Bertz CT molecular complexity index is 336. The van der Waals surface area contributed by atoms with Crippen molar-refractivity contribution in [1.82, 2.24) is 10.2 Å². The molecule has 1 aliphatic rings. The minimum Gasteiger partial charge on any atom is -0.311 e. The summed E-state index contributed by atoms with van der Waals surface area (Å²) in [7, 11) is 0. The van der Waals surface area contributed by atoms with Crippen LogP contribution in [-0.2, 0) is 6.42 Å². The second-order valence-electron chi connectivity index (χ2n) is 5.62. The summed E-state index contributed by atoms with van der Waals surface area (Å²) < 4.78 is 0. The van der Waals surface area contributed by atoms with Gasteiger partial charge in [-0.15, -0.1) is 0 Å². The van der Waals surface area contributed by atoms with Crippen LogP contribution in [0, 0.1) is 0 Å². The summed E-state index contributed by atoms with van der Waals surface area (Å²) >= 11 is 1.81. The van der Waals surface area contributed by atoms with Gasteiger partial charge in [-0.05, 0) is 49.1 Å². The molecule has 0 bridgehead atoms. The first-order chi connectivity index (χ1) is 8.70. The highest BCUT2D eigenvalue weighted by molar-refractivity contribution is 7.07. The van der Waals surface area contributed by atoms with Crippen LogP contribution < -0.4 is 5.32 Å². The van der Waals surface area contributed by atoms with Crippen LogP contribution in [0.4, 0.5) is 0 Å². The molecule has 0 saturated carbocycles. The number of nitrogens with zero attached hydrogens (tertiary/aromatic N) is 1. The topological polar surface area (TPSA) is 15.3 Å². The molecular weight excluding hydrogens is 240 g/mol. The third-order valence-electron chi connectivity index (χ3n) is 4.01. The normalized spacial score (nSPS) is 27.3. The second kappa shape index (κ2) is 6.69. The van der Waals surface area contributed by atoms with Crippen LogP contribution >= 0.6 is 11.3 Å². The maximum atomic E-state index is 3.67. The zero-order valence-corrected chi connectivity index (χ0v) is 12.7. The highest BCUT2D eigenvalue weighted by Crippen LogP contribution is 2.18. The monoisotopic (exact) mass is 266 g/mol. The van der Waals surface area contributed by atoms with Crippen LogP contribution in [0.15, 0.2) is 16.8 Å². The molecular formula is C15H26N2S. The lowest BCUT2D eigenvalue weighted by molar-refractivity contribution is 0.0959. The van der Waals surface area contributed by atoms with E-state index in [1.807, 2.05) is 0 Å².